The number of aryl methyl sites for hydroxylation is 2. The summed E-state index contributed by atoms with van der Waals surface area (Å²) in [6.45, 7) is 10.8. The molecular weight excluding hydrogens is 548 g/mol. The highest BCUT2D eigenvalue weighted by atomic mass is 16.2. The molecule has 0 aromatic heterocycles. The van der Waals surface area contributed by atoms with Crippen LogP contribution in [0.4, 0.5) is 19.2 Å². The van der Waals surface area contributed by atoms with Crippen LogP contribution in [0.2, 0.25) is 0 Å². The van der Waals surface area contributed by atoms with Crippen LogP contribution in [0.25, 0.3) is 0 Å². The number of urea groups is 4. The lowest BCUT2D eigenvalue weighted by Crippen LogP contribution is -2.53. The van der Waals surface area contributed by atoms with E-state index in [1.807, 2.05) is 31.2 Å². The van der Waals surface area contributed by atoms with Crippen LogP contribution in [0.15, 0.2) is 48.5 Å². The first-order chi connectivity index (χ1) is 20.4. The van der Waals surface area contributed by atoms with Gasteiger partial charge in [-0.25, -0.2) is 19.2 Å². The van der Waals surface area contributed by atoms with Crippen molar-refractivity contribution in [3.05, 3.63) is 70.8 Å². The van der Waals surface area contributed by atoms with Crippen molar-refractivity contribution in [3.63, 3.8) is 0 Å². The van der Waals surface area contributed by atoms with Gasteiger partial charge in [0.25, 0.3) is 0 Å². The van der Waals surface area contributed by atoms with E-state index in [2.05, 4.69) is 75.3 Å². The Balaban J connectivity index is 1.78. The number of rotatable bonds is 15. The van der Waals surface area contributed by atoms with E-state index >= 15 is 0 Å². The van der Waals surface area contributed by atoms with Crippen LogP contribution in [0.1, 0.15) is 43.0 Å². The van der Waals surface area contributed by atoms with Crippen LogP contribution in [0.5, 0.6) is 0 Å². The van der Waals surface area contributed by atoms with Gasteiger partial charge in [-0.3, -0.25) is 0 Å². The summed E-state index contributed by atoms with van der Waals surface area (Å²) in [5.74, 6) is 0.267. The fourth-order valence-electron chi connectivity index (χ4n) is 4.25. The molecule has 4 atom stereocenters. The summed E-state index contributed by atoms with van der Waals surface area (Å²) in [7, 11) is 0. The molecule has 0 spiro atoms. The zero-order chi connectivity index (χ0) is 31.8. The first-order valence-corrected chi connectivity index (χ1v) is 14.7. The molecule has 2 rings (SSSR count). The molecule has 0 fully saturated rings. The summed E-state index contributed by atoms with van der Waals surface area (Å²) in [5, 5.41) is 19.4. The minimum Gasteiger partial charge on any atom is -0.352 e. The Morgan fingerprint density at radius 2 is 1.00 bits per heavy atom. The zero-order valence-corrected chi connectivity index (χ0v) is 25.9. The largest absolute Gasteiger partial charge is 0.352 e. The Labute approximate surface area is 254 Å². The van der Waals surface area contributed by atoms with Crippen molar-refractivity contribution in [1.82, 2.24) is 37.2 Å². The zero-order valence-electron chi connectivity index (χ0n) is 25.9. The van der Waals surface area contributed by atoms with Gasteiger partial charge in [-0.15, -0.1) is 0 Å². The Morgan fingerprint density at radius 1 is 0.581 bits per heavy atom. The highest BCUT2D eigenvalue weighted by Crippen LogP contribution is 2.09. The molecule has 12 nitrogen and oxygen atoms in total. The minimum absolute atomic E-state index is 0.167. The van der Waals surface area contributed by atoms with E-state index in [0.717, 1.165) is 17.5 Å². The molecule has 43 heavy (non-hydrogen) atoms. The van der Waals surface area contributed by atoms with Gasteiger partial charge in [-0.05, 0) is 57.6 Å². The second-order valence-electron chi connectivity index (χ2n) is 11.3. The van der Waals surface area contributed by atoms with Crippen molar-refractivity contribution >= 4 is 24.1 Å². The molecular formula is C31H48N8O4. The molecule has 0 aliphatic carbocycles. The minimum atomic E-state index is -0.670. The van der Waals surface area contributed by atoms with Crippen LogP contribution < -0.4 is 43.0 Å². The average molecular weight is 597 g/mol. The number of carbonyl (C=O) groups excluding carboxylic acids is 4. The van der Waals surface area contributed by atoms with Gasteiger partial charge in [-0.2, -0.15) is 0 Å². The standard InChI is InChI=1S/C31H48N8O4/c1-20-6-10-25(11-7-20)14-22(3)16-34-29(41)38-24(5)18-35-31(43)39-27(15-26-12-8-21(2)9-13-26)19-36-30(42)37-23(4)17-33-28(32)40/h6-13,22-24,27H,14-19H2,1-5H3,(H3,32,33,40)(H2,34,38,41)(H2,35,39,43)(H2,36,37,42)/t22-,23-,24-,27-/m0/s1. The molecule has 0 saturated carbocycles. The van der Waals surface area contributed by atoms with Crippen LogP contribution in [0, 0.1) is 19.8 Å². The van der Waals surface area contributed by atoms with E-state index in [1.165, 1.54) is 11.1 Å². The Bertz CT molecular complexity index is 1170. The van der Waals surface area contributed by atoms with E-state index in [-0.39, 0.29) is 43.7 Å². The van der Waals surface area contributed by atoms with Gasteiger partial charge < -0.3 is 43.0 Å². The van der Waals surface area contributed by atoms with Crippen molar-refractivity contribution in [1.29, 1.82) is 0 Å². The maximum absolute atomic E-state index is 12.7. The Morgan fingerprint density at radius 3 is 1.51 bits per heavy atom. The average Bonchev–Trinajstić information content (AvgIpc) is 2.95. The highest BCUT2D eigenvalue weighted by molar-refractivity contribution is 5.76. The molecule has 0 radical (unpaired) electrons. The number of hydrogen-bond acceptors (Lipinski definition) is 4. The predicted octanol–water partition coefficient (Wildman–Crippen LogP) is 2.44. The molecule has 2 aromatic carbocycles. The van der Waals surface area contributed by atoms with E-state index < -0.39 is 24.1 Å². The van der Waals surface area contributed by atoms with Crippen molar-refractivity contribution in [2.75, 3.05) is 26.2 Å². The van der Waals surface area contributed by atoms with Gasteiger partial charge in [0.05, 0.1) is 6.04 Å². The second kappa shape index (κ2) is 18.1. The van der Waals surface area contributed by atoms with Gasteiger partial charge in [0.2, 0.25) is 0 Å². The smallest absolute Gasteiger partial charge is 0.315 e. The number of primary amides is 1. The third-order valence-electron chi connectivity index (χ3n) is 6.67. The fourth-order valence-corrected chi connectivity index (χ4v) is 4.25. The molecule has 236 valence electrons. The maximum Gasteiger partial charge on any atom is 0.315 e. The van der Waals surface area contributed by atoms with E-state index in [0.29, 0.717) is 13.0 Å². The first kappa shape index (κ1) is 34.7. The normalized spacial score (nSPS) is 13.4. The molecule has 0 aliphatic rings. The van der Waals surface area contributed by atoms with E-state index in [4.69, 9.17) is 5.73 Å². The maximum atomic E-state index is 12.7. The van der Waals surface area contributed by atoms with E-state index in [1.54, 1.807) is 13.8 Å². The number of hydrogen-bond donors (Lipinski definition) is 8. The van der Waals surface area contributed by atoms with Crippen molar-refractivity contribution in [3.8, 4) is 0 Å². The van der Waals surface area contributed by atoms with Gasteiger partial charge in [0.15, 0.2) is 0 Å². The third kappa shape index (κ3) is 15.4. The SMILES string of the molecule is Cc1ccc(C[C@H](C)CNC(=O)N[C@@H](C)CNC(=O)N[C@H](CNC(=O)N[C@@H](C)CNC(N)=O)Cc2ccc(C)cc2)cc1. The highest BCUT2D eigenvalue weighted by Gasteiger charge is 2.17. The van der Waals surface area contributed by atoms with Crippen molar-refractivity contribution in [2.45, 2.75) is 65.6 Å². The molecule has 8 amide bonds. The summed E-state index contributed by atoms with van der Waals surface area (Å²) < 4.78 is 0. The molecule has 0 unspecified atom stereocenters. The molecule has 12 heteroatoms. The lowest BCUT2D eigenvalue weighted by molar-refractivity contribution is 0.227. The molecule has 0 heterocycles. The van der Waals surface area contributed by atoms with Crippen LogP contribution in [-0.2, 0) is 12.8 Å². The summed E-state index contributed by atoms with van der Waals surface area (Å²) >= 11 is 0. The monoisotopic (exact) mass is 596 g/mol. The quantitative estimate of drug-likeness (QED) is 0.158. The lowest BCUT2D eigenvalue weighted by atomic mass is 10.0. The fraction of sp³-hybridized carbons (Fsp3) is 0.484. The van der Waals surface area contributed by atoms with Crippen LogP contribution in [0.3, 0.4) is 0 Å². The molecule has 0 bridgehead atoms. The second-order valence-corrected chi connectivity index (χ2v) is 11.3. The third-order valence-corrected chi connectivity index (χ3v) is 6.67. The van der Waals surface area contributed by atoms with Gasteiger partial charge in [0.1, 0.15) is 0 Å². The Hall–Kier alpha value is -4.48. The van der Waals surface area contributed by atoms with Gasteiger partial charge in [0, 0.05) is 38.3 Å². The number of amides is 8. The lowest BCUT2D eigenvalue weighted by Gasteiger charge is -2.22. The van der Waals surface area contributed by atoms with E-state index in [9.17, 15) is 19.2 Å². The van der Waals surface area contributed by atoms with Gasteiger partial charge in [-0.1, -0.05) is 66.6 Å². The predicted molar refractivity (Wildman–Crippen MR) is 169 cm³/mol. The van der Waals surface area contributed by atoms with Crippen molar-refractivity contribution in [2.24, 2.45) is 11.7 Å². The summed E-state index contributed by atoms with van der Waals surface area (Å²) in [6.07, 6.45) is 1.35. The molecule has 0 aliphatic heterocycles. The summed E-state index contributed by atoms with van der Waals surface area (Å²) in [4.78, 5) is 48.4. The summed E-state index contributed by atoms with van der Waals surface area (Å²) in [6, 6.07) is 13.4. The number of carbonyl (C=O) groups is 4. The van der Waals surface area contributed by atoms with Gasteiger partial charge >= 0.3 is 24.1 Å². The number of nitrogens with two attached hydrogens (primary N) is 1. The van der Waals surface area contributed by atoms with Crippen LogP contribution in [-0.4, -0.2) is 68.4 Å². The van der Waals surface area contributed by atoms with Crippen molar-refractivity contribution < 1.29 is 19.2 Å². The molecule has 2 aromatic rings. The number of benzene rings is 2. The topological polar surface area (TPSA) is 179 Å². The molecule has 9 N–H and O–H groups in total. The molecule has 0 saturated heterocycles. The first-order valence-electron chi connectivity index (χ1n) is 14.7. The van der Waals surface area contributed by atoms with Crippen LogP contribution >= 0.6 is 0 Å². The summed E-state index contributed by atoms with van der Waals surface area (Å²) in [5.41, 5.74) is 9.63. The number of nitrogens with one attached hydrogen (secondary N) is 7. The Kier molecular flexibility index (Phi) is 14.6.